The summed E-state index contributed by atoms with van der Waals surface area (Å²) in [5, 5.41) is 6.34. The first-order valence-electron chi connectivity index (χ1n) is 19.8. The number of alkyl carbamates (subject to hydrolysis) is 1. The monoisotopic (exact) mass is 747 g/mol. The molecule has 0 aromatic heterocycles. The van der Waals surface area contributed by atoms with E-state index in [1.807, 2.05) is 81.4 Å². The average molecular weight is 748 g/mol. The Hall–Kier alpha value is -3.50. The number of ketones is 1. The standard InChI is InChI=1S/C43H65N3O6Si/c1-42(2,3)51-41(50)44-36(29-32-20-14-10-15-21-32)37(52-53(7,8)43(4,5)6)30-34(28-31-18-12-9-13-19-31)39(48)45-38(33-22-16-11-17-23-33)40(49)46-26-24-35(47)25-27-46/h9-10,12-15,18-21,33-34,36-38H,11,16-17,22-30H2,1-8H3,(H,44,50)(H,45,48)/t34-,36-,37+,38-/m0/s1. The fourth-order valence-corrected chi connectivity index (χ4v) is 8.58. The minimum absolute atomic E-state index is 0.0362. The highest BCUT2D eigenvalue weighted by atomic mass is 28.4. The zero-order chi connectivity index (χ0) is 38.8. The number of piperidine rings is 1. The lowest BCUT2D eigenvalue weighted by Crippen LogP contribution is -2.57. The third-order valence-electron chi connectivity index (χ3n) is 11.2. The largest absolute Gasteiger partial charge is 0.444 e. The van der Waals surface area contributed by atoms with Crippen molar-refractivity contribution in [3.8, 4) is 0 Å². The quantitative estimate of drug-likeness (QED) is 0.189. The molecular weight excluding hydrogens is 683 g/mol. The van der Waals surface area contributed by atoms with Crippen LogP contribution < -0.4 is 10.6 Å². The number of Topliss-reactive ketones (excluding diaryl/α,β-unsaturated/α-hetero) is 1. The molecule has 2 aromatic rings. The third-order valence-corrected chi connectivity index (χ3v) is 15.7. The van der Waals surface area contributed by atoms with Gasteiger partial charge in [-0.3, -0.25) is 14.4 Å². The van der Waals surface area contributed by atoms with E-state index in [4.69, 9.17) is 9.16 Å². The van der Waals surface area contributed by atoms with Gasteiger partial charge in [0.2, 0.25) is 11.8 Å². The van der Waals surface area contributed by atoms with E-state index in [1.54, 1.807) is 4.90 Å². The molecule has 2 N–H and O–H groups in total. The minimum atomic E-state index is -2.46. The number of likely N-dealkylation sites (tertiary alicyclic amines) is 1. The van der Waals surface area contributed by atoms with E-state index in [1.165, 1.54) is 0 Å². The van der Waals surface area contributed by atoms with Crippen LogP contribution in [0.3, 0.4) is 0 Å². The molecule has 0 unspecified atom stereocenters. The Balaban J connectivity index is 1.73. The maximum atomic E-state index is 14.8. The van der Waals surface area contributed by atoms with Gasteiger partial charge in [0.25, 0.3) is 0 Å². The van der Waals surface area contributed by atoms with Gasteiger partial charge in [-0.25, -0.2) is 4.79 Å². The number of hydrogen-bond donors (Lipinski definition) is 2. The van der Waals surface area contributed by atoms with Crippen LogP contribution in [-0.2, 0) is 36.4 Å². The molecule has 0 spiro atoms. The van der Waals surface area contributed by atoms with Crippen molar-refractivity contribution in [2.75, 3.05) is 13.1 Å². The Kier molecular flexibility index (Phi) is 14.9. The molecule has 2 aromatic carbocycles. The summed E-state index contributed by atoms with van der Waals surface area (Å²) in [5.74, 6) is -0.626. The highest BCUT2D eigenvalue weighted by Gasteiger charge is 2.43. The van der Waals surface area contributed by atoms with E-state index in [0.29, 0.717) is 45.2 Å². The van der Waals surface area contributed by atoms with Crippen LogP contribution in [0.2, 0.25) is 18.1 Å². The van der Waals surface area contributed by atoms with Crippen LogP contribution in [0.15, 0.2) is 60.7 Å². The van der Waals surface area contributed by atoms with Gasteiger partial charge in [0.05, 0.1) is 12.1 Å². The summed E-state index contributed by atoms with van der Waals surface area (Å²) in [6, 6.07) is 18.8. The van der Waals surface area contributed by atoms with E-state index in [-0.39, 0.29) is 28.6 Å². The second kappa shape index (κ2) is 18.7. The van der Waals surface area contributed by atoms with Gasteiger partial charge >= 0.3 is 6.09 Å². The van der Waals surface area contributed by atoms with Gasteiger partial charge < -0.3 is 24.7 Å². The number of carbonyl (C=O) groups excluding carboxylic acids is 4. The van der Waals surface area contributed by atoms with Gasteiger partial charge in [0, 0.05) is 31.8 Å². The second-order valence-corrected chi connectivity index (χ2v) is 22.5. The van der Waals surface area contributed by atoms with Gasteiger partial charge in [-0.2, -0.15) is 0 Å². The predicted molar refractivity (Wildman–Crippen MR) is 213 cm³/mol. The molecular formula is C43H65N3O6Si. The summed E-state index contributed by atoms with van der Waals surface area (Å²) < 4.78 is 13.0. The minimum Gasteiger partial charge on any atom is -0.444 e. The smallest absolute Gasteiger partial charge is 0.407 e. The molecule has 0 bridgehead atoms. The molecule has 10 heteroatoms. The normalized spacial score (nSPS) is 18.4. The third kappa shape index (κ3) is 13.1. The van der Waals surface area contributed by atoms with Crippen LogP contribution in [-0.4, -0.2) is 73.8 Å². The first-order chi connectivity index (χ1) is 24.9. The average Bonchev–Trinajstić information content (AvgIpc) is 3.09. The maximum Gasteiger partial charge on any atom is 0.407 e. The van der Waals surface area contributed by atoms with Gasteiger partial charge in [-0.05, 0) is 88.1 Å². The van der Waals surface area contributed by atoms with E-state index in [0.717, 1.165) is 43.2 Å². The zero-order valence-corrected chi connectivity index (χ0v) is 34.5. The van der Waals surface area contributed by atoms with Crippen LogP contribution >= 0.6 is 0 Å². The molecule has 2 fully saturated rings. The summed E-state index contributed by atoms with van der Waals surface area (Å²) in [7, 11) is -2.46. The molecule has 1 aliphatic heterocycles. The van der Waals surface area contributed by atoms with Crippen molar-refractivity contribution in [3.63, 3.8) is 0 Å². The first kappa shape index (κ1) is 42.2. The molecule has 292 valence electrons. The predicted octanol–water partition coefficient (Wildman–Crippen LogP) is 8.02. The van der Waals surface area contributed by atoms with Crippen molar-refractivity contribution in [1.82, 2.24) is 15.5 Å². The van der Waals surface area contributed by atoms with Crippen LogP contribution in [0, 0.1) is 11.8 Å². The van der Waals surface area contributed by atoms with Gasteiger partial charge in [-0.15, -0.1) is 0 Å². The van der Waals surface area contributed by atoms with Crippen molar-refractivity contribution in [3.05, 3.63) is 71.8 Å². The first-order valence-corrected chi connectivity index (χ1v) is 22.7. The van der Waals surface area contributed by atoms with Crippen LogP contribution in [0.1, 0.15) is 104 Å². The summed E-state index contributed by atoms with van der Waals surface area (Å²) in [5.41, 5.74) is 1.34. The summed E-state index contributed by atoms with van der Waals surface area (Å²) in [4.78, 5) is 56.4. The van der Waals surface area contributed by atoms with Gasteiger partial charge in [0.15, 0.2) is 8.32 Å². The Morgan fingerprint density at radius 2 is 1.36 bits per heavy atom. The number of ether oxygens (including phenoxy) is 1. The van der Waals surface area contributed by atoms with E-state index in [2.05, 4.69) is 44.5 Å². The Morgan fingerprint density at radius 3 is 1.89 bits per heavy atom. The number of nitrogens with one attached hydrogen (secondary N) is 2. The van der Waals surface area contributed by atoms with Crippen LogP contribution in [0.4, 0.5) is 4.79 Å². The molecule has 1 saturated heterocycles. The van der Waals surface area contributed by atoms with E-state index >= 15 is 0 Å². The molecule has 9 nitrogen and oxygen atoms in total. The van der Waals surface area contributed by atoms with Crippen molar-refractivity contribution < 1.29 is 28.3 Å². The van der Waals surface area contributed by atoms with E-state index < -0.39 is 44.1 Å². The van der Waals surface area contributed by atoms with Crippen molar-refractivity contribution in [1.29, 1.82) is 0 Å². The lowest BCUT2D eigenvalue weighted by atomic mass is 9.82. The molecule has 2 aliphatic rings. The number of hydrogen-bond acceptors (Lipinski definition) is 6. The molecule has 1 aliphatic carbocycles. The van der Waals surface area contributed by atoms with Crippen LogP contribution in [0.5, 0.6) is 0 Å². The second-order valence-electron chi connectivity index (χ2n) is 17.7. The molecule has 0 radical (unpaired) electrons. The molecule has 1 heterocycles. The van der Waals surface area contributed by atoms with E-state index in [9.17, 15) is 19.2 Å². The maximum absolute atomic E-state index is 14.8. The molecule has 53 heavy (non-hydrogen) atoms. The fourth-order valence-electron chi connectivity index (χ4n) is 7.21. The summed E-state index contributed by atoms with van der Waals surface area (Å²) in [6.07, 6.45) is 5.81. The number of rotatable bonds is 14. The molecule has 1 saturated carbocycles. The van der Waals surface area contributed by atoms with Crippen molar-refractivity contribution in [2.24, 2.45) is 11.8 Å². The lowest BCUT2D eigenvalue weighted by molar-refractivity contribution is -0.141. The molecule has 4 atom stereocenters. The highest BCUT2D eigenvalue weighted by molar-refractivity contribution is 6.74. The van der Waals surface area contributed by atoms with Gasteiger partial charge in [-0.1, -0.05) is 101 Å². The SMILES string of the molecule is CC(C)(C)OC(=O)N[C@@H](Cc1ccccc1)[C@@H](C[C@H](Cc1ccccc1)C(=O)N[C@H](C(=O)N1CCC(=O)CC1)C1CCCCC1)O[Si](C)(C)C(C)(C)C. The Morgan fingerprint density at radius 1 is 0.811 bits per heavy atom. The van der Waals surface area contributed by atoms with Crippen molar-refractivity contribution in [2.45, 2.75) is 148 Å². The number of carbonyl (C=O) groups is 4. The zero-order valence-electron chi connectivity index (χ0n) is 33.5. The topological polar surface area (TPSA) is 114 Å². The molecule has 3 amide bonds. The lowest BCUT2D eigenvalue weighted by Gasteiger charge is -2.42. The summed E-state index contributed by atoms with van der Waals surface area (Å²) >= 11 is 0. The summed E-state index contributed by atoms with van der Waals surface area (Å²) in [6.45, 7) is 17.3. The highest BCUT2D eigenvalue weighted by Crippen LogP contribution is 2.39. The Labute approximate surface area is 319 Å². The van der Waals surface area contributed by atoms with Crippen LogP contribution in [0.25, 0.3) is 0 Å². The fraction of sp³-hybridized carbons (Fsp3) is 0.628. The number of nitrogens with zero attached hydrogens (tertiary/aromatic N) is 1. The number of benzene rings is 2. The van der Waals surface area contributed by atoms with Crippen molar-refractivity contribution >= 4 is 32.0 Å². The molecule has 4 rings (SSSR count). The Bertz CT molecular complexity index is 1490. The number of amides is 3. The van der Waals surface area contributed by atoms with Gasteiger partial charge in [0.1, 0.15) is 17.4 Å².